The van der Waals surface area contributed by atoms with Crippen LogP contribution in [0.3, 0.4) is 0 Å². The molecular weight excluding hydrogens is 714 g/mol. The van der Waals surface area contributed by atoms with Gasteiger partial charge in [0.05, 0.1) is 0 Å². The first-order valence-electron chi connectivity index (χ1n) is 17.4. The van der Waals surface area contributed by atoms with E-state index in [4.69, 9.17) is 41.7 Å². The molecule has 0 spiro atoms. The number of aromatic amines is 1. The lowest BCUT2D eigenvalue weighted by Gasteiger charge is -2.22. The van der Waals surface area contributed by atoms with E-state index >= 15 is 0 Å². The summed E-state index contributed by atoms with van der Waals surface area (Å²) in [5.74, 6) is -3.70. The van der Waals surface area contributed by atoms with Crippen LogP contribution in [0, 0.1) is 0 Å². The van der Waals surface area contributed by atoms with E-state index in [2.05, 4.69) is 15.6 Å². The molecular formula is C39H51N5O11. The van der Waals surface area contributed by atoms with Gasteiger partial charge in [-0.25, -0.2) is 9.59 Å². The second kappa shape index (κ2) is 22.3. The number of carbonyl (C=O) groups excluding carboxylic acids is 1. The van der Waals surface area contributed by atoms with Crippen LogP contribution >= 0.6 is 0 Å². The summed E-state index contributed by atoms with van der Waals surface area (Å²) >= 11 is 0. The van der Waals surface area contributed by atoms with Crippen molar-refractivity contribution in [2.45, 2.75) is 82.6 Å². The van der Waals surface area contributed by atoms with Gasteiger partial charge in [0.1, 0.15) is 35.5 Å². The fraction of sp³-hybridized carbons (Fsp3) is 0.359. The summed E-state index contributed by atoms with van der Waals surface area (Å²) in [5, 5.41) is 50.1. The Labute approximate surface area is 318 Å². The number of benzene rings is 3. The number of hydrogen-bond donors (Lipinski definition) is 10. The molecule has 1 fully saturated rings. The van der Waals surface area contributed by atoms with Gasteiger partial charge in [0, 0.05) is 29.9 Å². The summed E-state index contributed by atoms with van der Waals surface area (Å²) in [6, 6.07) is 20.2. The number of nitrogens with two attached hydrogens (primary N) is 2. The van der Waals surface area contributed by atoms with E-state index in [0.717, 1.165) is 41.4 Å². The van der Waals surface area contributed by atoms with Crippen LogP contribution in [-0.2, 0) is 43.2 Å². The van der Waals surface area contributed by atoms with Crippen LogP contribution in [0.1, 0.15) is 50.3 Å². The highest BCUT2D eigenvalue weighted by Crippen LogP contribution is 2.19. The van der Waals surface area contributed by atoms with Crippen LogP contribution < -0.4 is 22.1 Å². The van der Waals surface area contributed by atoms with Gasteiger partial charge in [-0.1, -0.05) is 60.7 Å². The maximum Gasteiger partial charge on any atom is 0.408 e. The van der Waals surface area contributed by atoms with Crippen molar-refractivity contribution in [2.75, 3.05) is 6.54 Å². The summed E-state index contributed by atoms with van der Waals surface area (Å²) in [4.78, 5) is 57.0. The van der Waals surface area contributed by atoms with Gasteiger partial charge in [-0.15, -0.1) is 0 Å². The van der Waals surface area contributed by atoms with Crippen molar-refractivity contribution in [3.8, 4) is 5.75 Å². The van der Waals surface area contributed by atoms with Crippen LogP contribution in [0.2, 0.25) is 0 Å². The Kier molecular flexibility index (Phi) is 18.3. The molecule has 5 rings (SSSR count). The molecule has 2 heterocycles. The minimum absolute atomic E-state index is 0.0979. The molecule has 12 N–H and O–H groups in total. The zero-order valence-electron chi connectivity index (χ0n) is 31.0. The lowest BCUT2D eigenvalue weighted by Crippen LogP contribution is -2.44. The van der Waals surface area contributed by atoms with Gasteiger partial charge in [-0.2, -0.15) is 0 Å². The summed E-state index contributed by atoms with van der Waals surface area (Å²) in [6.07, 6.45) is 3.66. The third kappa shape index (κ3) is 17.6. The molecule has 55 heavy (non-hydrogen) atoms. The van der Waals surface area contributed by atoms with Crippen molar-refractivity contribution in [3.63, 3.8) is 0 Å². The number of carboxylic acids is 4. The van der Waals surface area contributed by atoms with E-state index in [-0.39, 0.29) is 18.2 Å². The summed E-state index contributed by atoms with van der Waals surface area (Å²) < 4.78 is 5.02. The maximum absolute atomic E-state index is 11.6. The van der Waals surface area contributed by atoms with Crippen LogP contribution in [0.15, 0.2) is 85.1 Å². The first kappa shape index (κ1) is 45.2. The van der Waals surface area contributed by atoms with Crippen LogP contribution in [-0.4, -0.2) is 96.8 Å². The van der Waals surface area contributed by atoms with E-state index in [9.17, 15) is 24.0 Å². The molecule has 1 aromatic heterocycles. The number of carbonyl (C=O) groups is 5. The van der Waals surface area contributed by atoms with Crippen LogP contribution in [0.5, 0.6) is 5.75 Å². The van der Waals surface area contributed by atoms with Crippen molar-refractivity contribution >= 4 is 40.9 Å². The number of H-pyrrole nitrogens is 1. The number of phenolic OH excluding ortho intramolecular Hbond substituents is 1. The van der Waals surface area contributed by atoms with E-state index in [1.807, 2.05) is 60.8 Å². The minimum atomic E-state index is -1.15. The van der Waals surface area contributed by atoms with Crippen molar-refractivity contribution in [2.24, 2.45) is 11.5 Å². The van der Waals surface area contributed by atoms with Gasteiger partial charge < -0.3 is 57.4 Å². The lowest BCUT2D eigenvalue weighted by molar-refractivity contribution is -0.140. The summed E-state index contributed by atoms with van der Waals surface area (Å²) in [6.45, 7) is 5.95. The van der Waals surface area contributed by atoms with Crippen LogP contribution in [0.25, 0.3) is 10.9 Å². The number of rotatable bonds is 11. The Bertz CT molecular complexity index is 1820. The molecule has 1 aliphatic heterocycles. The highest BCUT2D eigenvalue weighted by atomic mass is 16.6. The normalized spacial score (nSPS) is 14.9. The first-order chi connectivity index (χ1) is 25.9. The van der Waals surface area contributed by atoms with E-state index in [0.29, 0.717) is 18.4 Å². The van der Waals surface area contributed by atoms with Gasteiger partial charge >= 0.3 is 30.0 Å². The number of alkyl carbamates (subject to hydrolysis) is 1. The average Bonchev–Trinajstić information content (AvgIpc) is 3.81. The number of phenols is 1. The molecule has 16 nitrogen and oxygen atoms in total. The van der Waals surface area contributed by atoms with Crippen LogP contribution in [0.4, 0.5) is 4.79 Å². The minimum Gasteiger partial charge on any atom is -0.508 e. The maximum atomic E-state index is 11.6. The lowest BCUT2D eigenvalue weighted by atomic mass is 10.1. The van der Waals surface area contributed by atoms with E-state index in [1.165, 1.54) is 12.1 Å². The third-order valence-electron chi connectivity index (χ3n) is 7.77. The van der Waals surface area contributed by atoms with Gasteiger partial charge in [0.25, 0.3) is 0 Å². The number of aromatic hydroxyl groups is 1. The Balaban J connectivity index is 0.000000265. The number of amides is 1. The van der Waals surface area contributed by atoms with Gasteiger partial charge in [-0.05, 0) is 81.5 Å². The van der Waals surface area contributed by atoms with Crippen molar-refractivity contribution < 1.29 is 54.2 Å². The molecule has 1 saturated heterocycles. The van der Waals surface area contributed by atoms with Gasteiger partial charge in [0.2, 0.25) is 0 Å². The molecule has 0 radical (unpaired) electrons. The zero-order chi connectivity index (χ0) is 41.1. The fourth-order valence-corrected chi connectivity index (χ4v) is 4.99. The SMILES string of the molecule is CC(C)(C)OC(=O)NC(Cc1ccc(O)cc1)C(=O)O.NC(Cc1c[nH]c2ccccc12)C(=O)O.NC(Cc1ccccc1)C(=O)O.O=C(O)[C@@H]1CCCN1. The largest absolute Gasteiger partial charge is 0.508 e. The molecule has 0 aliphatic carbocycles. The average molecular weight is 766 g/mol. The van der Waals surface area contributed by atoms with Crippen molar-refractivity contribution in [1.29, 1.82) is 0 Å². The quantitative estimate of drug-likeness (QED) is 0.105. The highest BCUT2D eigenvalue weighted by Gasteiger charge is 2.24. The number of ether oxygens (including phenoxy) is 1. The Morgan fingerprint density at radius 3 is 1.85 bits per heavy atom. The van der Waals surface area contributed by atoms with E-state index in [1.54, 1.807) is 32.9 Å². The molecule has 1 amide bonds. The predicted molar refractivity (Wildman–Crippen MR) is 205 cm³/mol. The Morgan fingerprint density at radius 1 is 0.782 bits per heavy atom. The zero-order valence-corrected chi connectivity index (χ0v) is 31.0. The molecule has 16 heteroatoms. The molecule has 4 aromatic rings. The topological polar surface area (TPSA) is 288 Å². The highest BCUT2D eigenvalue weighted by molar-refractivity contribution is 5.84. The number of hydrogen-bond acceptors (Lipinski definition) is 10. The monoisotopic (exact) mass is 765 g/mol. The first-order valence-corrected chi connectivity index (χ1v) is 17.4. The molecule has 1 aliphatic rings. The van der Waals surface area contributed by atoms with Gasteiger partial charge in [0.15, 0.2) is 0 Å². The number of fused-ring (bicyclic) bond motifs is 1. The standard InChI is InChI=1S/C14H19NO5.C11H12N2O2.C9H11NO2.C5H9NO2/c1-14(2,3)20-13(19)15-11(12(17)18)8-9-4-6-10(16)7-5-9;12-9(11(14)15)5-7-6-13-10-4-2-1-3-8(7)10;10-8(9(11)12)6-7-4-2-1-3-5-7;7-5(8)4-2-1-3-6-4/h4-7,11,16H,8H2,1-3H3,(H,15,19)(H,17,18);1-4,6,9,13H,5,12H2,(H,14,15);1-5,8H,6,10H2,(H,11,12);4,6H,1-3H2,(H,7,8)/t;;;4-/m...0/s1. The van der Waals surface area contributed by atoms with Crippen molar-refractivity contribution in [1.82, 2.24) is 15.6 Å². The third-order valence-corrected chi connectivity index (χ3v) is 7.77. The molecule has 3 aromatic carbocycles. The number of aromatic nitrogens is 1. The Hall–Kier alpha value is -5.97. The fourth-order valence-electron chi connectivity index (χ4n) is 4.99. The number of nitrogens with one attached hydrogen (secondary N) is 3. The predicted octanol–water partition coefficient (Wildman–Crippen LogP) is 3.50. The summed E-state index contributed by atoms with van der Waals surface area (Å²) in [5.41, 5.74) is 13.7. The second-order valence-corrected chi connectivity index (χ2v) is 13.5. The molecule has 0 bridgehead atoms. The van der Waals surface area contributed by atoms with E-state index < -0.39 is 53.7 Å². The molecule has 298 valence electrons. The molecule has 3 unspecified atom stereocenters. The summed E-state index contributed by atoms with van der Waals surface area (Å²) in [7, 11) is 0. The molecule has 4 atom stereocenters. The second-order valence-electron chi connectivity index (χ2n) is 13.5. The molecule has 0 saturated carbocycles. The van der Waals surface area contributed by atoms with Crippen molar-refractivity contribution in [3.05, 3.63) is 102 Å². The smallest absolute Gasteiger partial charge is 0.408 e. The number of aliphatic carboxylic acids is 4. The van der Waals surface area contributed by atoms with Gasteiger partial charge in [-0.3, -0.25) is 14.4 Å². The number of carboxylic acid groups (broad SMARTS) is 4. The Morgan fingerprint density at radius 2 is 1.35 bits per heavy atom. The number of para-hydroxylation sites is 1.